The van der Waals surface area contributed by atoms with E-state index in [-0.39, 0.29) is 5.91 Å². The number of benzene rings is 2. The first kappa shape index (κ1) is 17.4. The van der Waals surface area contributed by atoms with Crippen molar-refractivity contribution in [2.45, 2.75) is 11.8 Å². The molecule has 2 heterocycles. The Morgan fingerprint density at radius 2 is 1.81 bits per heavy atom. The standard InChI is InChI=1S/C20H21N3OS2/c1-2-25-16-9-7-15(8-10-16)19(24)22-11-13-23(14-12-22)20-21-17-5-3-4-6-18(17)26-20/h3-10H,2,11-14H2,1H3. The average Bonchev–Trinajstić information content (AvgIpc) is 3.13. The fraction of sp³-hybridized carbons (Fsp3) is 0.300. The molecule has 6 heteroatoms. The van der Waals surface area contributed by atoms with Gasteiger partial charge in [0.2, 0.25) is 0 Å². The second-order valence-electron chi connectivity index (χ2n) is 6.20. The molecule has 0 saturated carbocycles. The summed E-state index contributed by atoms with van der Waals surface area (Å²) in [5, 5.41) is 1.05. The van der Waals surface area contributed by atoms with Gasteiger partial charge in [-0.25, -0.2) is 4.98 Å². The third-order valence-corrected chi connectivity index (χ3v) is 6.52. The lowest BCUT2D eigenvalue weighted by Crippen LogP contribution is -2.48. The Morgan fingerprint density at radius 1 is 1.08 bits per heavy atom. The molecule has 0 radical (unpaired) electrons. The zero-order valence-corrected chi connectivity index (χ0v) is 16.4. The zero-order chi connectivity index (χ0) is 17.9. The second-order valence-corrected chi connectivity index (χ2v) is 8.55. The molecule has 0 aliphatic carbocycles. The molecule has 1 aliphatic heterocycles. The molecule has 134 valence electrons. The summed E-state index contributed by atoms with van der Waals surface area (Å²) in [6, 6.07) is 16.2. The average molecular weight is 384 g/mol. The third kappa shape index (κ3) is 3.57. The van der Waals surface area contributed by atoms with E-state index in [2.05, 4.69) is 24.0 Å². The number of anilines is 1. The zero-order valence-electron chi connectivity index (χ0n) is 14.7. The highest BCUT2D eigenvalue weighted by atomic mass is 32.2. The molecule has 1 saturated heterocycles. The Balaban J connectivity index is 1.40. The van der Waals surface area contributed by atoms with Gasteiger partial charge in [0.15, 0.2) is 5.13 Å². The normalized spacial score (nSPS) is 14.8. The van der Waals surface area contributed by atoms with Crippen molar-refractivity contribution >= 4 is 44.4 Å². The number of amides is 1. The number of carbonyl (C=O) groups is 1. The summed E-state index contributed by atoms with van der Waals surface area (Å²) in [4.78, 5) is 22.9. The molecule has 2 aromatic carbocycles. The highest BCUT2D eigenvalue weighted by Crippen LogP contribution is 2.29. The third-order valence-electron chi connectivity index (χ3n) is 4.53. The van der Waals surface area contributed by atoms with Gasteiger partial charge in [-0.3, -0.25) is 4.79 Å². The maximum absolute atomic E-state index is 12.7. The summed E-state index contributed by atoms with van der Waals surface area (Å²) in [7, 11) is 0. The lowest BCUT2D eigenvalue weighted by atomic mass is 10.2. The van der Waals surface area contributed by atoms with Crippen LogP contribution in [0.25, 0.3) is 10.2 Å². The van der Waals surface area contributed by atoms with Crippen molar-refractivity contribution in [1.82, 2.24) is 9.88 Å². The van der Waals surface area contributed by atoms with Crippen molar-refractivity contribution in [1.29, 1.82) is 0 Å². The molecule has 3 aromatic rings. The number of thiazole rings is 1. The largest absolute Gasteiger partial charge is 0.345 e. The van der Waals surface area contributed by atoms with Crippen molar-refractivity contribution in [3.05, 3.63) is 54.1 Å². The van der Waals surface area contributed by atoms with Gasteiger partial charge in [0.05, 0.1) is 10.2 Å². The van der Waals surface area contributed by atoms with Gasteiger partial charge in [-0.15, -0.1) is 11.8 Å². The number of hydrogen-bond acceptors (Lipinski definition) is 5. The summed E-state index contributed by atoms with van der Waals surface area (Å²) in [6.07, 6.45) is 0. The Hall–Kier alpha value is -2.05. The Labute approximate surface area is 161 Å². The van der Waals surface area contributed by atoms with Gasteiger partial charge in [-0.05, 0) is 42.2 Å². The van der Waals surface area contributed by atoms with E-state index in [0.29, 0.717) is 0 Å². The summed E-state index contributed by atoms with van der Waals surface area (Å²) >= 11 is 3.52. The maximum Gasteiger partial charge on any atom is 0.253 e. The van der Waals surface area contributed by atoms with Crippen molar-refractivity contribution in [2.24, 2.45) is 0 Å². The fourth-order valence-electron chi connectivity index (χ4n) is 3.14. The van der Waals surface area contributed by atoms with Gasteiger partial charge in [-0.1, -0.05) is 30.4 Å². The summed E-state index contributed by atoms with van der Waals surface area (Å²) in [5.74, 6) is 1.17. The van der Waals surface area contributed by atoms with Gasteiger partial charge in [-0.2, -0.15) is 0 Å². The van der Waals surface area contributed by atoms with Crippen LogP contribution < -0.4 is 4.90 Å². The number of carbonyl (C=O) groups excluding carboxylic acids is 1. The number of fused-ring (bicyclic) bond motifs is 1. The fourth-order valence-corrected chi connectivity index (χ4v) is 4.82. The smallest absolute Gasteiger partial charge is 0.253 e. The topological polar surface area (TPSA) is 36.4 Å². The van der Waals surface area contributed by atoms with E-state index >= 15 is 0 Å². The van der Waals surface area contributed by atoms with E-state index < -0.39 is 0 Å². The first-order chi connectivity index (χ1) is 12.7. The highest BCUT2D eigenvalue weighted by Gasteiger charge is 2.23. The Morgan fingerprint density at radius 3 is 2.50 bits per heavy atom. The molecule has 1 aromatic heterocycles. The van der Waals surface area contributed by atoms with Crippen LogP contribution in [0.2, 0.25) is 0 Å². The molecule has 0 atom stereocenters. The van der Waals surface area contributed by atoms with Crippen molar-refractivity contribution < 1.29 is 4.79 Å². The quantitative estimate of drug-likeness (QED) is 0.627. The highest BCUT2D eigenvalue weighted by molar-refractivity contribution is 7.99. The van der Waals surface area contributed by atoms with Gasteiger partial charge < -0.3 is 9.80 Å². The van der Waals surface area contributed by atoms with Crippen LogP contribution in [-0.4, -0.2) is 47.7 Å². The minimum atomic E-state index is 0.127. The molecule has 1 aliphatic rings. The SMILES string of the molecule is CCSc1ccc(C(=O)N2CCN(c3nc4ccccc4s3)CC2)cc1. The Kier molecular flexibility index (Phi) is 5.13. The van der Waals surface area contributed by atoms with E-state index in [9.17, 15) is 4.79 Å². The van der Waals surface area contributed by atoms with Crippen LogP contribution in [-0.2, 0) is 0 Å². The van der Waals surface area contributed by atoms with E-state index in [1.54, 1.807) is 23.1 Å². The number of para-hydroxylation sites is 1. The summed E-state index contributed by atoms with van der Waals surface area (Å²) in [6.45, 7) is 5.26. The molecular formula is C20H21N3OS2. The lowest BCUT2D eigenvalue weighted by molar-refractivity contribution is 0.0746. The predicted octanol–water partition coefficient (Wildman–Crippen LogP) is 4.37. The first-order valence-electron chi connectivity index (χ1n) is 8.87. The minimum Gasteiger partial charge on any atom is -0.345 e. The summed E-state index contributed by atoms with van der Waals surface area (Å²) in [5.41, 5.74) is 1.83. The van der Waals surface area contributed by atoms with Crippen LogP contribution in [0.15, 0.2) is 53.4 Å². The number of rotatable bonds is 4. The van der Waals surface area contributed by atoms with E-state index in [4.69, 9.17) is 4.98 Å². The van der Waals surface area contributed by atoms with Crippen LogP contribution in [0.5, 0.6) is 0 Å². The van der Waals surface area contributed by atoms with E-state index in [1.165, 1.54) is 9.60 Å². The first-order valence-corrected chi connectivity index (χ1v) is 10.7. The van der Waals surface area contributed by atoms with Crippen LogP contribution >= 0.6 is 23.1 Å². The van der Waals surface area contributed by atoms with Gasteiger partial charge >= 0.3 is 0 Å². The molecule has 0 N–H and O–H groups in total. The molecule has 4 nitrogen and oxygen atoms in total. The second kappa shape index (κ2) is 7.68. The minimum absolute atomic E-state index is 0.127. The molecule has 0 unspecified atom stereocenters. The number of piperazine rings is 1. The van der Waals surface area contributed by atoms with Crippen molar-refractivity contribution in [3.63, 3.8) is 0 Å². The molecule has 0 bridgehead atoms. The molecule has 0 spiro atoms. The monoisotopic (exact) mass is 383 g/mol. The maximum atomic E-state index is 12.7. The predicted molar refractivity (Wildman–Crippen MR) is 111 cm³/mol. The summed E-state index contributed by atoms with van der Waals surface area (Å²) < 4.78 is 1.21. The van der Waals surface area contributed by atoms with Crippen molar-refractivity contribution in [2.75, 3.05) is 36.8 Å². The van der Waals surface area contributed by atoms with Crippen molar-refractivity contribution in [3.8, 4) is 0 Å². The van der Waals surface area contributed by atoms with E-state index in [0.717, 1.165) is 48.1 Å². The van der Waals surface area contributed by atoms with Gasteiger partial charge in [0.1, 0.15) is 0 Å². The molecule has 26 heavy (non-hydrogen) atoms. The number of hydrogen-bond donors (Lipinski definition) is 0. The lowest BCUT2D eigenvalue weighted by Gasteiger charge is -2.34. The van der Waals surface area contributed by atoms with Crippen LogP contribution in [0.1, 0.15) is 17.3 Å². The molecule has 4 rings (SSSR count). The molecule has 1 amide bonds. The van der Waals surface area contributed by atoms with Crippen LogP contribution in [0.3, 0.4) is 0 Å². The number of thioether (sulfide) groups is 1. The number of nitrogens with zero attached hydrogens (tertiary/aromatic N) is 3. The number of aromatic nitrogens is 1. The van der Waals surface area contributed by atoms with Crippen LogP contribution in [0, 0.1) is 0 Å². The molecule has 1 fully saturated rings. The Bertz CT molecular complexity index is 866. The molecular weight excluding hydrogens is 362 g/mol. The van der Waals surface area contributed by atoms with E-state index in [1.807, 2.05) is 41.3 Å². The van der Waals surface area contributed by atoms with Gasteiger partial charge in [0, 0.05) is 36.6 Å². The van der Waals surface area contributed by atoms with Crippen LogP contribution in [0.4, 0.5) is 5.13 Å². The van der Waals surface area contributed by atoms with Gasteiger partial charge in [0.25, 0.3) is 5.91 Å².